The van der Waals surface area contributed by atoms with Gasteiger partial charge in [-0.05, 0) is 30.7 Å². The first-order chi connectivity index (χ1) is 9.15. The van der Waals surface area contributed by atoms with E-state index in [1.165, 1.54) is 24.3 Å². The highest BCUT2D eigenvalue weighted by Crippen LogP contribution is 2.12. The zero-order chi connectivity index (χ0) is 13.7. The summed E-state index contributed by atoms with van der Waals surface area (Å²) < 4.78 is 12.7. The highest BCUT2D eigenvalue weighted by molar-refractivity contribution is 5.94. The Kier molecular flexibility index (Phi) is 5.99. The number of hydrogen-bond acceptors (Lipinski definition) is 1. The van der Waals surface area contributed by atoms with Crippen LogP contribution in [-0.2, 0) is 0 Å². The van der Waals surface area contributed by atoms with E-state index in [1.54, 1.807) is 0 Å². The van der Waals surface area contributed by atoms with Gasteiger partial charge in [0.05, 0.1) is 5.69 Å². The second-order valence-electron chi connectivity index (χ2n) is 4.12. The Morgan fingerprint density at radius 1 is 1.15 bits per heavy atom. The second-order valence-corrected chi connectivity index (χ2v) is 4.12. The van der Waals surface area contributed by atoms with Crippen LogP contribution in [0.1, 0.15) is 6.42 Å². The first-order valence-corrected chi connectivity index (χ1v) is 5.99. The molecule has 2 rings (SSSR count). The number of nitrogens with two attached hydrogens (primary N) is 2. The molecule has 0 amide bonds. The minimum Gasteiger partial charge on any atom is -0.369 e. The minimum atomic E-state index is -0.319. The molecule has 4 N–H and O–H groups in total. The zero-order valence-electron chi connectivity index (χ0n) is 10.9. The molecule has 1 aromatic carbocycles. The molecule has 1 aliphatic heterocycles. The number of nitrogens with zero attached hydrogens (tertiary/aromatic N) is 3. The standard InChI is InChI=1S/C13H16FN5.ClH/c14-10-4-6-11(7-5-10)17-12(15)18-13(16)19-8-2-1-3-9-19;/h1-2,4-7H,3,8-9H2,(H4,15,16,17,18);1H. The van der Waals surface area contributed by atoms with Gasteiger partial charge in [0, 0.05) is 13.1 Å². The van der Waals surface area contributed by atoms with Crippen molar-refractivity contribution in [3.8, 4) is 0 Å². The van der Waals surface area contributed by atoms with Crippen molar-refractivity contribution < 1.29 is 4.39 Å². The Bertz CT molecular complexity index is 524. The summed E-state index contributed by atoms with van der Waals surface area (Å²) in [5.74, 6) is 0.0759. The zero-order valence-corrected chi connectivity index (χ0v) is 11.7. The van der Waals surface area contributed by atoms with E-state index < -0.39 is 0 Å². The smallest absolute Gasteiger partial charge is 0.223 e. The number of benzene rings is 1. The van der Waals surface area contributed by atoms with Gasteiger partial charge in [0.2, 0.25) is 5.96 Å². The third kappa shape index (κ3) is 4.55. The molecule has 0 aromatic heterocycles. The largest absolute Gasteiger partial charge is 0.369 e. The summed E-state index contributed by atoms with van der Waals surface area (Å²) in [7, 11) is 0. The fourth-order valence-electron chi connectivity index (χ4n) is 1.71. The van der Waals surface area contributed by atoms with Gasteiger partial charge in [-0.1, -0.05) is 12.2 Å². The van der Waals surface area contributed by atoms with Crippen LogP contribution in [-0.4, -0.2) is 29.9 Å². The van der Waals surface area contributed by atoms with Gasteiger partial charge in [0.15, 0.2) is 5.96 Å². The van der Waals surface area contributed by atoms with Crippen LogP contribution in [0.15, 0.2) is 46.4 Å². The van der Waals surface area contributed by atoms with Crippen molar-refractivity contribution in [1.29, 1.82) is 0 Å². The molecule has 7 heteroatoms. The van der Waals surface area contributed by atoms with Gasteiger partial charge in [-0.2, -0.15) is 4.99 Å². The number of aliphatic imine (C=N–C) groups is 2. The summed E-state index contributed by atoms with van der Waals surface area (Å²) in [4.78, 5) is 10.00. The molecule has 0 saturated heterocycles. The molecule has 0 aliphatic carbocycles. The van der Waals surface area contributed by atoms with E-state index in [0.717, 1.165) is 19.5 Å². The van der Waals surface area contributed by atoms with Crippen molar-refractivity contribution >= 4 is 30.0 Å². The van der Waals surface area contributed by atoms with E-state index in [0.29, 0.717) is 11.6 Å². The average molecular weight is 298 g/mol. The summed E-state index contributed by atoms with van der Waals surface area (Å²) in [6.45, 7) is 1.54. The molecule has 1 aliphatic rings. The third-order valence-corrected chi connectivity index (χ3v) is 2.68. The van der Waals surface area contributed by atoms with E-state index in [4.69, 9.17) is 11.5 Å². The van der Waals surface area contributed by atoms with Crippen molar-refractivity contribution in [2.45, 2.75) is 6.42 Å². The van der Waals surface area contributed by atoms with Crippen LogP contribution in [0.5, 0.6) is 0 Å². The predicted molar refractivity (Wildman–Crippen MR) is 81.9 cm³/mol. The van der Waals surface area contributed by atoms with Gasteiger partial charge in [0.1, 0.15) is 5.82 Å². The summed E-state index contributed by atoms with van der Waals surface area (Å²) in [5, 5.41) is 0. The van der Waals surface area contributed by atoms with Crippen LogP contribution in [0.3, 0.4) is 0 Å². The minimum absolute atomic E-state index is 0. The van der Waals surface area contributed by atoms with Crippen LogP contribution < -0.4 is 11.5 Å². The molecule has 0 atom stereocenters. The molecule has 108 valence electrons. The topological polar surface area (TPSA) is 80.0 Å². The fraction of sp³-hybridized carbons (Fsp3) is 0.231. The molecule has 0 bridgehead atoms. The lowest BCUT2D eigenvalue weighted by Crippen LogP contribution is -2.40. The van der Waals surface area contributed by atoms with Gasteiger partial charge < -0.3 is 16.4 Å². The Morgan fingerprint density at radius 2 is 1.85 bits per heavy atom. The highest BCUT2D eigenvalue weighted by atomic mass is 35.5. The van der Waals surface area contributed by atoms with Gasteiger partial charge in [-0.25, -0.2) is 9.38 Å². The van der Waals surface area contributed by atoms with E-state index in [-0.39, 0.29) is 24.2 Å². The average Bonchev–Trinajstić information content (AvgIpc) is 2.42. The molecule has 0 radical (unpaired) electrons. The Hall–Kier alpha value is -2.08. The molecule has 0 spiro atoms. The lowest BCUT2D eigenvalue weighted by atomic mass is 10.3. The van der Waals surface area contributed by atoms with Crippen molar-refractivity contribution in [2.75, 3.05) is 13.1 Å². The maximum absolute atomic E-state index is 12.7. The van der Waals surface area contributed by atoms with Gasteiger partial charge >= 0.3 is 0 Å². The van der Waals surface area contributed by atoms with Gasteiger partial charge in [0.25, 0.3) is 0 Å². The first-order valence-electron chi connectivity index (χ1n) is 5.99. The molecule has 1 heterocycles. The number of guanidine groups is 2. The Balaban J connectivity index is 0.00000200. The quantitative estimate of drug-likeness (QED) is 0.471. The summed E-state index contributed by atoms with van der Waals surface area (Å²) >= 11 is 0. The van der Waals surface area contributed by atoms with Crippen molar-refractivity contribution in [3.63, 3.8) is 0 Å². The normalized spacial score (nSPS) is 15.9. The Morgan fingerprint density at radius 3 is 2.45 bits per heavy atom. The van der Waals surface area contributed by atoms with Crippen LogP contribution >= 0.6 is 12.4 Å². The van der Waals surface area contributed by atoms with Crippen LogP contribution in [0.25, 0.3) is 0 Å². The lowest BCUT2D eigenvalue weighted by Gasteiger charge is -2.23. The van der Waals surface area contributed by atoms with Gasteiger partial charge in [-0.15, -0.1) is 12.4 Å². The summed E-state index contributed by atoms with van der Waals surface area (Å²) in [6, 6.07) is 5.68. The van der Waals surface area contributed by atoms with E-state index in [1.807, 2.05) is 11.0 Å². The van der Waals surface area contributed by atoms with Crippen molar-refractivity contribution in [1.82, 2.24) is 4.90 Å². The van der Waals surface area contributed by atoms with Crippen LogP contribution in [0, 0.1) is 5.82 Å². The molecular weight excluding hydrogens is 281 g/mol. The number of rotatable bonds is 1. The van der Waals surface area contributed by atoms with E-state index >= 15 is 0 Å². The highest BCUT2D eigenvalue weighted by Gasteiger charge is 2.08. The summed E-state index contributed by atoms with van der Waals surface area (Å²) in [6.07, 6.45) is 5.06. The van der Waals surface area contributed by atoms with E-state index in [2.05, 4.69) is 16.1 Å². The molecule has 0 saturated carbocycles. The van der Waals surface area contributed by atoms with Gasteiger partial charge in [-0.3, -0.25) is 0 Å². The van der Waals surface area contributed by atoms with Crippen molar-refractivity contribution in [3.05, 3.63) is 42.2 Å². The van der Waals surface area contributed by atoms with Crippen molar-refractivity contribution in [2.24, 2.45) is 21.5 Å². The first kappa shape index (κ1) is 16.0. The Labute approximate surface area is 123 Å². The third-order valence-electron chi connectivity index (χ3n) is 2.68. The molecular formula is C13H17ClFN5. The molecule has 5 nitrogen and oxygen atoms in total. The van der Waals surface area contributed by atoms with E-state index in [9.17, 15) is 4.39 Å². The molecule has 20 heavy (non-hydrogen) atoms. The second kappa shape index (κ2) is 7.49. The molecule has 1 aromatic rings. The fourth-order valence-corrected chi connectivity index (χ4v) is 1.71. The number of hydrogen-bond donors (Lipinski definition) is 2. The lowest BCUT2D eigenvalue weighted by molar-refractivity contribution is 0.450. The molecule has 0 fully saturated rings. The van der Waals surface area contributed by atoms with Crippen LogP contribution in [0.4, 0.5) is 10.1 Å². The predicted octanol–water partition coefficient (Wildman–Crippen LogP) is 1.77. The maximum atomic E-state index is 12.7. The summed E-state index contributed by atoms with van der Waals surface area (Å²) in [5.41, 5.74) is 12.1. The monoisotopic (exact) mass is 297 g/mol. The molecule has 0 unspecified atom stereocenters. The maximum Gasteiger partial charge on any atom is 0.223 e. The SMILES string of the molecule is Cl.NC(=Nc1ccc(F)cc1)N=C(N)N1CC=CCC1. The number of halogens is 2. The van der Waals surface area contributed by atoms with Crippen LogP contribution in [0.2, 0.25) is 0 Å².